The van der Waals surface area contributed by atoms with Crippen LogP contribution in [0.15, 0.2) is 38.7 Å². The highest BCUT2D eigenvalue weighted by molar-refractivity contribution is 7.09. The van der Waals surface area contributed by atoms with Crippen LogP contribution in [0.5, 0.6) is 0 Å². The van der Waals surface area contributed by atoms with Gasteiger partial charge in [-0.2, -0.15) is 0 Å². The number of aryl methyl sites for hydroxylation is 1. The average molecular weight is 400 g/mol. The smallest absolute Gasteiger partial charge is 0.292 e. The van der Waals surface area contributed by atoms with E-state index in [1.807, 2.05) is 17.5 Å². The number of likely N-dealkylation sites (tertiary alicyclic amines) is 1. The summed E-state index contributed by atoms with van der Waals surface area (Å²) in [6, 6.07) is 7.25. The Morgan fingerprint density at radius 3 is 2.68 bits per heavy atom. The van der Waals surface area contributed by atoms with Crippen molar-refractivity contribution < 1.29 is 18.6 Å². The van der Waals surface area contributed by atoms with E-state index in [9.17, 15) is 9.59 Å². The zero-order valence-corrected chi connectivity index (χ0v) is 16.2. The maximum atomic E-state index is 12.4. The zero-order valence-electron chi connectivity index (χ0n) is 15.4. The van der Waals surface area contributed by atoms with Crippen molar-refractivity contribution in [2.45, 2.75) is 32.2 Å². The minimum absolute atomic E-state index is 0.146. The number of thiophene rings is 1. The molecule has 146 valence electrons. The van der Waals surface area contributed by atoms with Crippen molar-refractivity contribution in [2.24, 2.45) is 0 Å². The molecule has 0 spiro atoms. The number of aromatic nitrogens is 2. The standard InChI is InChI=1S/C19H20N4O4S/c1-12-9-17(27-21-12)19(25)23-6-4-13(5-7-23)15-10-16(26-22-15)18(24)20-11-14-3-2-8-28-14/h2-3,8-10,13H,4-7,11H2,1H3,(H,20,24). The third-order valence-electron chi connectivity index (χ3n) is 4.79. The predicted octanol–water partition coefficient (Wildman–Crippen LogP) is 2.98. The molecule has 1 fully saturated rings. The molecule has 0 bridgehead atoms. The molecule has 3 aromatic heterocycles. The SMILES string of the molecule is Cc1cc(C(=O)N2CCC(c3cc(C(=O)NCc4cccs4)on3)CC2)on1. The molecular formula is C19H20N4O4S. The molecule has 9 heteroatoms. The van der Waals surface area contributed by atoms with E-state index in [-0.39, 0.29) is 29.3 Å². The molecule has 3 aromatic rings. The van der Waals surface area contributed by atoms with Gasteiger partial charge in [0.25, 0.3) is 11.8 Å². The zero-order chi connectivity index (χ0) is 19.5. The van der Waals surface area contributed by atoms with Crippen molar-refractivity contribution in [2.75, 3.05) is 13.1 Å². The van der Waals surface area contributed by atoms with Gasteiger partial charge in [-0.25, -0.2) is 0 Å². The molecule has 0 aromatic carbocycles. The van der Waals surface area contributed by atoms with Crippen LogP contribution in [0.1, 0.15) is 56.1 Å². The molecule has 2 amide bonds. The van der Waals surface area contributed by atoms with E-state index in [0.717, 1.165) is 23.4 Å². The lowest BCUT2D eigenvalue weighted by molar-refractivity contribution is 0.0669. The lowest BCUT2D eigenvalue weighted by Gasteiger charge is -2.30. The third kappa shape index (κ3) is 3.99. The first-order valence-electron chi connectivity index (χ1n) is 9.10. The highest BCUT2D eigenvalue weighted by Crippen LogP contribution is 2.28. The van der Waals surface area contributed by atoms with Gasteiger partial charge in [-0.15, -0.1) is 11.3 Å². The van der Waals surface area contributed by atoms with Crippen LogP contribution < -0.4 is 5.32 Å². The van der Waals surface area contributed by atoms with Crippen LogP contribution in [0.25, 0.3) is 0 Å². The number of carbonyl (C=O) groups excluding carboxylic acids is 2. The summed E-state index contributed by atoms with van der Waals surface area (Å²) in [4.78, 5) is 27.5. The van der Waals surface area contributed by atoms with Gasteiger partial charge in [0.1, 0.15) is 0 Å². The molecule has 0 radical (unpaired) electrons. The van der Waals surface area contributed by atoms with Crippen LogP contribution in [-0.2, 0) is 6.54 Å². The summed E-state index contributed by atoms with van der Waals surface area (Å²) < 4.78 is 10.3. The van der Waals surface area contributed by atoms with Gasteiger partial charge in [0.15, 0.2) is 0 Å². The summed E-state index contributed by atoms with van der Waals surface area (Å²) in [5.74, 6) is 0.209. The van der Waals surface area contributed by atoms with E-state index >= 15 is 0 Å². The summed E-state index contributed by atoms with van der Waals surface area (Å²) in [5.41, 5.74) is 1.44. The highest BCUT2D eigenvalue weighted by Gasteiger charge is 2.28. The molecule has 4 rings (SSSR count). The van der Waals surface area contributed by atoms with Gasteiger partial charge in [-0.1, -0.05) is 16.4 Å². The summed E-state index contributed by atoms with van der Waals surface area (Å²) in [7, 11) is 0. The summed E-state index contributed by atoms with van der Waals surface area (Å²) in [5, 5.41) is 12.6. The molecule has 1 saturated heterocycles. The van der Waals surface area contributed by atoms with Crippen LogP contribution >= 0.6 is 11.3 Å². The average Bonchev–Trinajstić information content (AvgIpc) is 3.47. The molecule has 0 saturated carbocycles. The second-order valence-electron chi connectivity index (χ2n) is 6.78. The number of piperidine rings is 1. The molecule has 4 heterocycles. The van der Waals surface area contributed by atoms with Crippen molar-refractivity contribution >= 4 is 23.2 Å². The number of nitrogens with zero attached hydrogens (tertiary/aromatic N) is 3. The molecule has 8 nitrogen and oxygen atoms in total. The first-order valence-corrected chi connectivity index (χ1v) is 9.98. The fourth-order valence-electron chi connectivity index (χ4n) is 3.25. The van der Waals surface area contributed by atoms with Crippen LogP contribution in [0.3, 0.4) is 0 Å². The van der Waals surface area contributed by atoms with E-state index in [4.69, 9.17) is 9.05 Å². The van der Waals surface area contributed by atoms with Crippen molar-refractivity contribution in [3.8, 4) is 0 Å². The Kier molecular flexibility index (Phi) is 5.25. The number of nitrogens with one attached hydrogen (secondary N) is 1. The largest absolute Gasteiger partial charge is 0.351 e. The number of rotatable bonds is 5. The minimum Gasteiger partial charge on any atom is -0.351 e. The maximum Gasteiger partial charge on any atom is 0.292 e. The van der Waals surface area contributed by atoms with Crippen LogP contribution in [0, 0.1) is 6.92 Å². The monoisotopic (exact) mass is 400 g/mol. The second-order valence-corrected chi connectivity index (χ2v) is 7.81. The summed E-state index contributed by atoms with van der Waals surface area (Å²) in [6.45, 7) is 3.44. The molecule has 0 aliphatic carbocycles. The van der Waals surface area contributed by atoms with Crippen molar-refractivity contribution in [1.82, 2.24) is 20.5 Å². The number of hydrogen-bond donors (Lipinski definition) is 1. The summed E-state index contributed by atoms with van der Waals surface area (Å²) >= 11 is 1.59. The quantitative estimate of drug-likeness (QED) is 0.706. The Morgan fingerprint density at radius 1 is 1.21 bits per heavy atom. The Morgan fingerprint density at radius 2 is 2.00 bits per heavy atom. The lowest BCUT2D eigenvalue weighted by Crippen LogP contribution is -2.37. The van der Waals surface area contributed by atoms with Gasteiger partial charge in [0.2, 0.25) is 11.5 Å². The number of hydrogen-bond acceptors (Lipinski definition) is 7. The number of carbonyl (C=O) groups is 2. The Labute approximate surface area is 165 Å². The molecule has 28 heavy (non-hydrogen) atoms. The van der Waals surface area contributed by atoms with Crippen molar-refractivity contribution in [3.63, 3.8) is 0 Å². The summed E-state index contributed by atoms with van der Waals surface area (Å²) in [6.07, 6.45) is 1.50. The molecule has 0 unspecified atom stereocenters. The Hall–Kier alpha value is -2.94. The fraction of sp³-hybridized carbons (Fsp3) is 0.368. The van der Waals surface area contributed by atoms with Gasteiger partial charge in [-0.3, -0.25) is 9.59 Å². The second kappa shape index (κ2) is 7.97. The minimum atomic E-state index is -0.277. The van der Waals surface area contributed by atoms with E-state index < -0.39 is 0 Å². The lowest BCUT2D eigenvalue weighted by atomic mass is 9.93. The van der Waals surface area contributed by atoms with E-state index in [2.05, 4.69) is 15.6 Å². The number of amides is 2. The van der Waals surface area contributed by atoms with E-state index in [1.165, 1.54) is 0 Å². The molecule has 1 N–H and O–H groups in total. The Balaban J connectivity index is 1.31. The topological polar surface area (TPSA) is 101 Å². The normalized spacial score (nSPS) is 15.0. The van der Waals surface area contributed by atoms with E-state index in [0.29, 0.717) is 25.3 Å². The van der Waals surface area contributed by atoms with Gasteiger partial charge >= 0.3 is 0 Å². The van der Waals surface area contributed by atoms with Gasteiger partial charge < -0.3 is 19.3 Å². The first kappa shape index (κ1) is 18.4. The fourth-order valence-corrected chi connectivity index (χ4v) is 3.90. The third-order valence-corrected chi connectivity index (χ3v) is 5.67. The van der Waals surface area contributed by atoms with Crippen LogP contribution in [0.2, 0.25) is 0 Å². The molecule has 0 atom stereocenters. The molecular weight excluding hydrogens is 380 g/mol. The van der Waals surface area contributed by atoms with Crippen LogP contribution in [0.4, 0.5) is 0 Å². The van der Waals surface area contributed by atoms with Gasteiger partial charge in [0, 0.05) is 36.0 Å². The highest BCUT2D eigenvalue weighted by atomic mass is 32.1. The first-order chi connectivity index (χ1) is 13.6. The van der Waals surface area contributed by atoms with Crippen molar-refractivity contribution in [3.05, 3.63) is 57.4 Å². The van der Waals surface area contributed by atoms with Gasteiger partial charge in [-0.05, 0) is 31.2 Å². The molecule has 1 aliphatic heterocycles. The maximum absolute atomic E-state index is 12.4. The van der Waals surface area contributed by atoms with Crippen molar-refractivity contribution in [1.29, 1.82) is 0 Å². The predicted molar refractivity (Wildman–Crippen MR) is 101 cm³/mol. The van der Waals surface area contributed by atoms with Gasteiger partial charge in [0.05, 0.1) is 17.9 Å². The van der Waals surface area contributed by atoms with E-state index in [1.54, 1.807) is 35.3 Å². The molecule has 1 aliphatic rings. The van der Waals surface area contributed by atoms with Crippen LogP contribution in [-0.4, -0.2) is 40.1 Å². The Bertz CT molecular complexity index is 954.